The summed E-state index contributed by atoms with van der Waals surface area (Å²) in [4.78, 5) is 13.0. The molecule has 1 fully saturated rings. The van der Waals surface area contributed by atoms with Gasteiger partial charge in [0.2, 0.25) is 0 Å². The number of hydrogen-bond donors (Lipinski definition) is 1. The number of rotatable bonds is 6. The monoisotopic (exact) mass is 385 g/mol. The normalized spacial score (nSPS) is 22.2. The van der Waals surface area contributed by atoms with Crippen LogP contribution in [0.15, 0.2) is 23.1 Å². The first-order chi connectivity index (χ1) is 11.9. The van der Waals surface area contributed by atoms with Crippen molar-refractivity contribution in [1.82, 2.24) is 4.90 Å². The summed E-state index contributed by atoms with van der Waals surface area (Å²) >= 11 is 0. The number of ether oxygens (including phenoxy) is 1. The first-order valence-corrected chi connectivity index (χ1v) is 10.4. The number of hydrogen-bond acceptors (Lipinski definition) is 7. The molecule has 0 amide bonds. The first kappa shape index (κ1) is 20.6. The van der Waals surface area contributed by atoms with Gasteiger partial charge in [-0.3, -0.25) is 15.0 Å². The van der Waals surface area contributed by atoms with Crippen molar-refractivity contribution < 1.29 is 18.1 Å². The van der Waals surface area contributed by atoms with Gasteiger partial charge in [-0.15, -0.1) is 0 Å². The fourth-order valence-corrected chi connectivity index (χ4v) is 3.78. The molecule has 1 N–H and O–H groups in total. The average molecular weight is 385 g/mol. The third-order valence-electron chi connectivity index (χ3n) is 4.58. The second kappa shape index (κ2) is 7.50. The Morgan fingerprint density at radius 2 is 1.88 bits per heavy atom. The first-order valence-electron chi connectivity index (χ1n) is 8.53. The zero-order valence-electron chi connectivity index (χ0n) is 15.9. The number of nitrogens with one attached hydrogen (secondary N) is 1. The van der Waals surface area contributed by atoms with Crippen LogP contribution >= 0.6 is 0 Å². The third kappa shape index (κ3) is 4.93. The van der Waals surface area contributed by atoms with Crippen LogP contribution in [-0.4, -0.2) is 61.9 Å². The Balaban J connectivity index is 2.19. The molecular weight excluding hydrogens is 358 g/mol. The molecule has 26 heavy (non-hydrogen) atoms. The summed E-state index contributed by atoms with van der Waals surface area (Å²) in [7, 11) is -3.50. The van der Waals surface area contributed by atoms with E-state index in [1.54, 1.807) is 0 Å². The van der Waals surface area contributed by atoms with Crippen molar-refractivity contribution in [3.63, 3.8) is 0 Å². The van der Waals surface area contributed by atoms with Crippen molar-refractivity contribution >= 4 is 21.2 Å². The molecule has 0 radical (unpaired) electrons. The highest BCUT2D eigenvalue weighted by Gasteiger charge is 2.33. The highest BCUT2D eigenvalue weighted by Crippen LogP contribution is 2.29. The minimum Gasteiger partial charge on any atom is -0.378 e. The lowest BCUT2D eigenvalue weighted by molar-refractivity contribution is -0.384. The fourth-order valence-electron chi connectivity index (χ4n) is 3.14. The number of nitrogens with zero attached hydrogens (tertiary/aromatic N) is 2. The highest BCUT2D eigenvalue weighted by atomic mass is 32.2. The molecule has 0 saturated carbocycles. The molecule has 1 aromatic carbocycles. The van der Waals surface area contributed by atoms with Gasteiger partial charge in [0.15, 0.2) is 9.84 Å². The van der Waals surface area contributed by atoms with E-state index in [9.17, 15) is 18.5 Å². The van der Waals surface area contributed by atoms with Crippen LogP contribution in [0.4, 0.5) is 11.4 Å². The highest BCUT2D eigenvalue weighted by molar-refractivity contribution is 7.90. The minimum atomic E-state index is -3.50. The largest absolute Gasteiger partial charge is 0.378 e. The second-order valence-electron chi connectivity index (χ2n) is 7.54. The van der Waals surface area contributed by atoms with Gasteiger partial charge in [0, 0.05) is 37.5 Å². The van der Waals surface area contributed by atoms with Crippen molar-refractivity contribution in [3.05, 3.63) is 28.3 Å². The lowest BCUT2D eigenvalue weighted by Gasteiger charge is -2.45. The van der Waals surface area contributed by atoms with E-state index in [2.05, 4.69) is 24.1 Å². The van der Waals surface area contributed by atoms with Crippen LogP contribution in [0, 0.1) is 10.1 Å². The standard InChI is InChI=1S/C17H27N3O5S/c1-12-9-19(10-13(2)25-12)17(3,4)11-18-15-7-6-14(26(5,23)24)8-16(15)20(21)22/h6-8,12-13,18H,9-11H2,1-5H3. The average Bonchev–Trinajstić information content (AvgIpc) is 2.51. The minimum absolute atomic E-state index is 0.0650. The van der Waals surface area contributed by atoms with Crippen LogP contribution in [0.1, 0.15) is 27.7 Å². The van der Waals surface area contributed by atoms with E-state index < -0.39 is 14.8 Å². The molecule has 2 atom stereocenters. The molecule has 2 rings (SSSR count). The summed E-state index contributed by atoms with van der Waals surface area (Å²) in [6.07, 6.45) is 1.28. The van der Waals surface area contributed by atoms with Gasteiger partial charge in [0.05, 0.1) is 22.0 Å². The number of nitro benzene ring substituents is 1. The maximum atomic E-state index is 11.6. The molecule has 1 aliphatic heterocycles. The zero-order chi connectivity index (χ0) is 19.7. The fraction of sp³-hybridized carbons (Fsp3) is 0.647. The van der Waals surface area contributed by atoms with Crippen molar-refractivity contribution in [2.75, 3.05) is 31.2 Å². The van der Waals surface area contributed by atoms with Crippen molar-refractivity contribution in [3.8, 4) is 0 Å². The summed E-state index contributed by atoms with van der Waals surface area (Å²) in [6.45, 7) is 10.2. The van der Waals surface area contributed by atoms with Gasteiger partial charge < -0.3 is 10.1 Å². The quantitative estimate of drug-likeness (QED) is 0.592. The van der Waals surface area contributed by atoms with E-state index in [0.717, 1.165) is 25.4 Å². The number of nitro groups is 1. The van der Waals surface area contributed by atoms with Gasteiger partial charge >= 0.3 is 0 Å². The maximum Gasteiger partial charge on any atom is 0.293 e. The van der Waals surface area contributed by atoms with Gasteiger partial charge in [-0.25, -0.2) is 8.42 Å². The lowest BCUT2D eigenvalue weighted by atomic mass is 10.00. The molecule has 9 heteroatoms. The summed E-state index contributed by atoms with van der Waals surface area (Å²) < 4.78 is 29.0. The maximum absolute atomic E-state index is 11.6. The van der Waals surface area contributed by atoms with Crippen molar-refractivity contribution in [2.24, 2.45) is 0 Å². The van der Waals surface area contributed by atoms with Crippen molar-refractivity contribution in [1.29, 1.82) is 0 Å². The predicted molar refractivity (Wildman–Crippen MR) is 100 cm³/mol. The number of benzene rings is 1. The summed E-state index contributed by atoms with van der Waals surface area (Å²) in [5.74, 6) is 0. The number of sulfone groups is 1. The van der Waals surface area contributed by atoms with Gasteiger partial charge in [-0.2, -0.15) is 0 Å². The molecule has 1 heterocycles. The van der Waals surface area contributed by atoms with E-state index in [0.29, 0.717) is 12.2 Å². The molecule has 8 nitrogen and oxygen atoms in total. The molecule has 1 aromatic rings. The van der Waals surface area contributed by atoms with Gasteiger partial charge in [0.1, 0.15) is 5.69 Å². The molecule has 0 bridgehead atoms. The zero-order valence-corrected chi connectivity index (χ0v) is 16.7. The Hall–Kier alpha value is -1.71. The molecule has 146 valence electrons. The lowest BCUT2D eigenvalue weighted by Crippen LogP contribution is -2.57. The Labute approximate surface area is 154 Å². The van der Waals surface area contributed by atoms with E-state index in [1.165, 1.54) is 12.1 Å². The second-order valence-corrected chi connectivity index (χ2v) is 9.55. The summed E-state index contributed by atoms with van der Waals surface area (Å²) in [5, 5.41) is 14.5. The van der Waals surface area contributed by atoms with E-state index in [-0.39, 0.29) is 28.3 Å². The Morgan fingerprint density at radius 1 is 1.31 bits per heavy atom. The van der Waals surface area contributed by atoms with E-state index in [1.807, 2.05) is 13.8 Å². The number of anilines is 1. The Kier molecular flexibility index (Phi) is 5.94. The van der Waals surface area contributed by atoms with Gasteiger partial charge in [-0.05, 0) is 39.8 Å². The van der Waals surface area contributed by atoms with Crippen molar-refractivity contribution in [2.45, 2.75) is 50.3 Å². The molecule has 1 saturated heterocycles. The van der Waals surface area contributed by atoms with E-state index in [4.69, 9.17) is 4.74 Å². The van der Waals surface area contributed by atoms with Crippen LogP contribution in [0.2, 0.25) is 0 Å². The molecule has 0 aromatic heterocycles. The van der Waals surface area contributed by atoms with Crippen LogP contribution < -0.4 is 5.32 Å². The predicted octanol–water partition coefficient (Wildman–Crippen LogP) is 2.30. The molecule has 0 aliphatic carbocycles. The summed E-state index contributed by atoms with van der Waals surface area (Å²) in [5.41, 5.74) is -0.187. The van der Waals surface area contributed by atoms with E-state index >= 15 is 0 Å². The molecule has 0 spiro atoms. The van der Waals surface area contributed by atoms with Gasteiger partial charge in [0.25, 0.3) is 5.69 Å². The third-order valence-corrected chi connectivity index (χ3v) is 5.69. The Morgan fingerprint density at radius 3 is 2.38 bits per heavy atom. The van der Waals surface area contributed by atoms with Crippen LogP contribution in [0.3, 0.4) is 0 Å². The van der Waals surface area contributed by atoms with Crippen LogP contribution in [-0.2, 0) is 14.6 Å². The summed E-state index contributed by atoms with van der Waals surface area (Å²) in [6, 6.07) is 3.94. The molecular formula is C17H27N3O5S. The SMILES string of the molecule is CC1CN(C(C)(C)CNc2ccc(S(C)(=O)=O)cc2[N+](=O)[O-])CC(C)O1. The molecule has 2 unspecified atom stereocenters. The Bertz CT molecular complexity index is 769. The molecule has 1 aliphatic rings. The van der Waals surface area contributed by atoms with Crippen LogP contribution in [0.25, 0.3) is 0 Å². The topological polar surface area (TPSA) is 102 Å². The number of morpholine rings is 1. The van der Waals surface area contributed by atoms with Gasteiger partial charge in [-0.1, -0.05) is 0 Å². The smallest absolute Gasteiger partial charge is 0.293 e. The van der Waals surface area contributed by atoms with Crippen LogP contribution in [0.5, 0.6) is 0 Å².